The summed E-state index contributed by atoms with van der Waals surface area (Å²) in [5, 5.41) is 9.44. The number of nitrogens with zero attached hydrogens (tertiary/aromatic N) is 2. The molecule has 0 aliphatic carbocycles. The molecule has 2 amide bonds. The Bertz CT molecular complexity index is 1520. The molecule has 4 rings (SSSR count). The highest BCUT2D eigenvalue weighted by atomic mass is 16.5. The van der Waals surface area contributed by atoms with Gasteiger partial charge in [-0.1, -0.05) is 11.8 Å². The summed E-state index contributed by atoms with van der Waals surface area (Å²) in [5.41, 5.74) is 3.88. The molecule has 9 nitrogen and oxygen atoms in total. The number of hydrogen-bond donors (Lipinski definition) is 3. The van der Waals surface area contributed by atoms with Gasteiger partial charge in [-0.2, -0.15) is 0 Å². The van der Waals surface area contributed by atoms with Gasteiger partial charge in [0, 0.05) is 36.4 Å². The third kappa shape index (κ3) is 6.63. The molecule has 3 N–H and O–H groups in total. The Labute approximate surface area is 220 Å². The van der Waals surface area contributed by atoms with Gasteiger partial charge in [-0.25, -0.2) is 9.97 Å². The Balaban J connectivity index is 1.48. The minimum atomic E-state index is -0.217. The molecule has 9 heteroatoms. The van der Waals surface area contributed by atoms with Crippen LogP contribution in [0.5, 0.6) is 11.5 Å². The molecule has 192 valence electrons. The Morgan fingerprint density at radius 3 is 2.55 bits per heavy atom. The maximum atomic E-state index is 11.7. The number of benzene rings is 3. The molecule has 0 atom stereocenters. The number of hydrogen-bond acceptors (Lipinski definition) is 7. The Kier molecular flexibility index (Phi) is 8.49. The minimum Gasteiger partial charge on any atom is -0.457 e. The van der Waals surface area contributed by atoms with Crippen molar-refractivity contribution in [2.45, 2.75) is 6.92 Å². The number of carbonyl (C=O) groups excluding carboxylic acids is 2. The molecular formula is C29H27N5O4. The first-order valence-corrected chi connectivity index (χ1v) is 11.8. The Hall–Kier alpha value is -4.94. The number of nitrogens with one attached hydrogen (secondary N) is 3. The van der Waals surface area contributed by atoms with Gasteiger partial charge in [-0.05, 0) is 73.2 Å². The average Bonchev–Trinajstić information content (AvgIpc) is 2.93. The van der Waals surface area contributed by atoms with Crippen LogP contribution in [0.4, 0.5) is 11.5 Å². The number of fused-ring (bicyclic) bond motifs is 1. The third-order valence-corrected chi connectivity index (χ3v) is 5.53. The molecule has 1 aromatic heterocycles. The summed E-state index contributed by atoms with van der Waals surface area (Å²) >= 11 is 0. The molecule has 0 radical (unpaired) electrons. The number of rotatable bonds is 8. The first-order valence-electron chi connectivity index (χ1n) is 11.8. The van der Waals surface area contributed by atoms with Crippen molar-refractivity contribution in [2.75, 3.05) is 32.6 Å². The molecule has 0 aliphatic rings. The fourth-order valence-corrected chi connectivity index (χ4v) is 3.63. The average molecular weight is 510 g/mol. The van der Waals surface area contributed by atoms with Gasteiger partial charge in [-0.15, -0.1) is 0 Å². The smallest absolute Gasteiger partial charge is 0.251 e. The van der Waals surface area contributed by atoms with Crippen molar-refractivity contribution < 1.29 is 19.1 Å². The molecule has 0 spiro atoms. The molecule has 3 aromatic carbocycles. The maximum absolute atomic E-state index is 11.7. The number of ether oxygens (including phenoxy) is 2. The predicted molar refractivity (Wildman–Crippen MR) is 146 cm³/mol. The van der Waals surface area contributed by atoms with Crippen LogP contribution < -0.4 is 20.7 Å². The van der Waals surface area contributed by atoms with Gasteiger partial charge < -0.3 is 25.4 Å². The van der Waals surface area contributed by atoms with Crippen LogP contribution in [-0.2, 0) is 9.53 Å². The summed E-state index contributed by atoms with van der Waals surface area (Å²) in [6, 6.07) is 18.4. The summed E-state index contributed by atoms with van der Waals surface area (Å²) in [5.74, 6) is 7.60. The summed E-state index contributed by atoms with van der Waals surface area (Å²) in [6.07, 6.45) is 1.51. The van der Waals surface area contributed by atoms with E-state index in [9.17, 15) is 9.59 Å². The van der Waals surface area contributed by atoms with Crippen molar-refractivity contribution in [3.05, 3.63) is 83.7 Å². The van der Waals surface area contributed by atoms with Crippen LogP contribution in [0.15, 0.2) is 67.0 Å². The SMILES string of the molecule is CNC(=O)c1ccc(Oc2ccc(Nc3ncnc4ccc(C#CCNC(=O)COC)cc34)cc2C)cc1. The monoisotopic (exact) mass is 509 g/mol. The van der Waals surface area contributed by atoms with E-state index in [0.29, 0.717) is 22.9 Å². The third-order valence-electron chi connectivity index (χ3n) is 5.53. The van der Waals surface area contributed by atoms with Crippen molar-refractivity contribution >= 4 is 34.2 Å². The van der Waals surface area contributed by atoms with Crippen molar-refractivity contribution in [1.82, 2.24) is 20.6 Å². The van der Waals surface area contributed by atoms with Crippen LogP contribution in [0, 0.1) is 18.8 Å². The van der Waals surface area contributed by atoms with Gasteiger partial charge in [0.1, 0.15) is 30.3 Å². The molecule has 0 saturated carbocycles. The number of amides is 2. The van der Waals surface area contributed by atoms with E-state index in [4.69, 9.17) is 9.47 Å². The van der Waals surface area contributed by atoms with E-state index in [-0.39, 0.29) is 25.0 Å². The largest absolute Gasteiger partial charge is 0.457 e. The molecule has 4 aromatic rings. The zero-order chi connectivity index (χ0) is 26.9. The predicted octanol–water partition coefficient (Wildman–Crippen LogP) is 3.95. The van der Waals surface area contributed by atoms with E-state index >= 15 is 0 Å². The van der Waals surface area contributed by atoms with E-state index in [1.54, 1.807) is 31.3 Å². The normalized spacial score (nSPS) is 10.3. The van der Waals surface area contributed by atoms with Gasteiger partial charge in [0.05, 0.1) is 12.1 Å². The lowest BCUT2D eigenvalue weighted by Crippen LogP contribution is -2.27. The summed E-state index contributed by atoms with van der Waals surface area (Å²) in [7, 11) is 3.06. The molecule has 1 heterocycles. The zero-order valence-corrected chi connectivity index (χ0v) is 21.3. The summed E-state index contributed by atoms with van der Waals surface area (Å²) in [6.45, 7) is 2.18. The number of aryl methyl sites for hydroxylation is 1. The van der Waals surface area contributed by atoms with Crippen molar-refractivity contribution in [3.8, 4) is 23.3 Å². The van der Waals surface area contributed by atoms with Gasteiger partial charge in [-0.3, -0.25) is 9.59 Å². The standard InChI is InChI=1S/C29H27N5O4/c1-19-15-22(9-13-26(19)38-23-10-7-21(8-11-23)29(36)30-2)34-28-24-16-20(6-12-25(24)32-18-33-28)5-4-14-31-27(35)17-37-3/h6-13,15-16,18H,14,17H2,1-3H3,(H,30,36)(H,31,35)(H,32,33,34). The van der Waals surface area contributed by atoms with Crippen LogP contribution in [0.1, 0.15) is 21.5 Å². The lowest BCUT2D eigenvalue weighted by molar-refractivity contribution is -0.124. The highest BCUT2D eigenvalue weighted by molar-refractivity contribution is 5.94. The number of carbonyl (C=O) groups is 2. The second kappa shape index (κ2) is 12.3. The molecule has 0 fully saturated rings. The van der Waals surface area contributed by atoms with Crippen LogP contribution in [0.3, 0.4) is 0 Å². The molecule has 0 aliphatic heterocycles. The fourth-order valence-electron chi connectivity index (χ4n) is 3.63. The van der Waals surface area contributed by atoms with Crippen LogP contribution >= 0.6 is 0 Å². The first kappa shape index (κ1) is 26.1. The Morgan fingerprint density at radius 1 is 1.00 bits per heavy atom. The van der Waals surface area contributed by atoms with E-state index in [1.165, 1.54) is 13.4 Å². The van der Waals surface area contributed by atoms with Gasteiger partial charge in [0.2, 0.25) is 5.91 Å². The quantitative estimate of drug-likeness (QED) is 0.308. The number of anilines is 2. The van der Waals surface area contributed by atoms with Gasteiger partial charge in [0.25, 0.3) is 5.91 Å². The Morgan fingerprint density at radius 2 is 1.82 bits per heavy atom. The number of methoxy groups -OCH3 is 1. The second-order valence-electron chi connectivity index (χ2n) is 8.28. The van der Waals surface area contributed by atoms with E-state index in [0.717, 1.165) is 27.7 Å². The van der Waals surface area contributed by atoms with E-state index in [2.05, 4.69) is 37.8 Å². The topological polar surface area (TPSA) is 114 Å². The van der Waals surface area contributed by atoms with Crippen LogP contribution in [0.2, 0.25) is 0 Å². The second-order valence-corrected chi connectivity index (χ2v) is 8.28. The lowest BCUT2D eigenvalue weighted by Gasteiger charge is -2.13. The molecule has 38 heavy (non-hydrogen) atoms. The minimum absolute atomic E-state index is 0.00280. The van der Waals surface area contributed by atoms with Crippen molar-refractivity contribution in [1.29, 1.82) is 0 Å². The van der Waals surface area contributed by atoms with Crippen molar-refractivity contribution in [2.24, 2.45) is 0 Å². The molecule has 0 unspecified atom stereocenters. The summed E-state index contributed by atoms with van der Waals surface area (Å²) in [4.78, 5) is 32.0. The first-order chi connectivity index (χ1) is 18.5. The highest BCUT2D eigenvalue weighted by Gasteiger charge is 2.09. The molecule has 0 saturated heterocycles. The summed E-state index contributed by atoms with van der Waals surface area (Å²) < 4.78 is 10.8. The fraction of sp³-hybridized carbons (Fsp3) is 0.172. The van der Waals surface area contributed by atoms with Crippen LogP contribution in [0.25, 0.3) is 10.9 Å². The van der Waals surface area contributed by atoms with E-state index < -0.39 is 0 Å². The number of aromatic nitrogens is 2. The van der Waals surface area contributed by atoms with E-state index in [1.807, 2.05) is 43.3 Å². The van der Waals surface area contributed by atoms with Crippen molar-refractivity contribution in [3.63, 3.8) is 0 Å². The molecular weight excluding hydrogens is 482 g/mol. The molecule has 0 bridgehead atoms. The van der Waals surface area contributed by atoms with Gasteiger partial charge >= 0.3 is 0 Å². The van der Waals surface area contributed by atoms with Gasteiger partial charge in [0.15, 0.2) is 0 Å². The van der Waals surface area contributed by atoms with Crippen LogP contribution in [-0.4, -0.2) is 49.1 Å². The highest BCUT2D eigenvalue weighted by Crippen LogP contribution is 2.30. The lowest BCUT2D eigenvalue weighted by atomic mass is 10.1. The zero-order valence-electron chi connectivity index (χ0n) is 21.3. The maximum Gasteiger partial charge on any atom is 0.251 e.